The summed E-state index contributed by atoms with van der Waals surface area (Å²) >= 11 is 0. The Kier molecular flexibility index (Phi) is 5.54. The van der Waals surface area contributed by atoms with Crippen LogP contribution in [0.3, 0.4) is 0 Å². The van der Waals surface area contributed by atoms with E-state index in [2.05, 4.69) is 0 Å². The summed E-state index contributed by atoms with van der Waals surface area (Å²) in [4.78, 5) is 40.1. The minimum atomic E-state index is -1.49. The molecule has 7 heteroatoms. The molecule has 2 fully saturated rings. The number of ketones is 2. The predicted molar refractivity (Wildman–Crippen MR) is 150 cm³/mol. The molecule has 40 heavy (non-hydrogen) atoms. The largest absolute Gasteiger partial charge is 0.506 e. The third-order valence-electron chi connectivity index (χ3n) is 9.23. The Labute approximate surface area is 234 Å². The van der Waals surface area contributed by atoms with E-state index in [9.17, 15) is 19.5 Å². The Balaban J connectivity index is 1.67. The summed E-state index contributed by atoms with van der Waals surface area (Å²) in [7, 11) is 0. The molecule has 4 atom stereocenters. The lowest BCUT2D eigenvalue weighted by molar-refractivity contribution is -0.171. The van der Waals surface area contributed by atoms with Crippen molar-refractivity contribution >= 4 is 23.9 Å². The number of rotatable bonds is 5. The van der Waals surface area contributed by atoms with E-state index in [1.165, 1.54) is 0 Å². The van der Waals surface area contributed by atoms with Crippen molar-refractivity contribution in [3.63, 3.8) is 0 Å². The van der Waals surface area contributed by atoms with Crippen molar-refractivity contribution in [2.45, 2.75) is 90.1 Å². The molecule has 3 aliphatic heterocycles. The number of phenolic OH excluding ortho intramolecular Hbond substituents is 1. The maximum atomic E-state index is 14.5. The van der Waals surface area contributed by atoms with Gasteiger partial charge in [0.15, 0.2) is 22.8 Å². The van der Waals surface area contributed by atoms with Crippen LogP contribution in [0, 0.1) is 11.8 Å². The molecule has 1 saturated carbocycles. The summed E-state index contributed by atoms with van der Waals surface area (Å²) in [6, 6.07) is 0. The average Bonchev–Trinajstić information content (AvgIpc) is 3.03. The number of aldehydes is 1. The number of carbonyl (C=O) groups is 3. The number of aromatic hydroxyl groups is 1. The third kappa shape index (κ3) is 3.30. The van der Waals surface area contributed by atoms with Crippen molar-refractivity contribution in [2.24, 2.45) is 11.8 Å². The second-order valence-electron chi connectivity index (χ2n) is 13.1. The summed E-state index contributed by atoms with van der Waals surface area (Å²) < 4.78 is 20.2. The molecule has 4 bridgehead atoms. The van der Waals surface area contributed by atoms with Gasteiger partial charge < -0.3 is 19.3 Å². The van der Waals surface area contributed by atoms with Crippen LogP contribution in [0.4, 0.5) is 0 Å². The molecule has 3 heterocycles. The summed E-state index contributed by atoms with van der Waals surface area (Å²) in [5, 5.41) is 11.5. The van der Waals surface area contributed by atoms with Crippen molar-refractivity contribution < 1.29 is 33.7 Å². The Morgan fingerprint density at radius 2 is 1.80 bits per heavy atom. The zero-order valence-electron chi connectivity index (χ0n) is 24.1. The molecule has 1 spiro atoms. The van der Waals surface area contributed by atoms with Gasteiger partial charge >= 0.3 is 0 Å². The van der Waals surface area contributed by atoms with E-state index in [1.54, 1.807) is 25.2 Å². The van der Waals surface area contributed by atoms with Gasteiger partial charge in [-0.2, -0.15) is 0 Å². The highest BCUT2D eigenvalue weighted by atomic mass is 16.6. The SMILES string of the molecule is CC(C)=CCc1c2c(c(O)c3c1O[C@]14C(=C[C@@H]5CC1C(C)(C)O[C@@]4(C/C=C(/C)C=O)C5=O)C3=O)C=CC(C)(C)O2. The number of Topliss-reactive ketones (excluding diaryl/α,β-unsaturated/α-hetero) is 2. The van der Waals surface area contributed by atoms with Crippen LogP contribution in [0.2, 0.25) is 0 Å². The zero-order chi connectivity index (χ0) is 29.0. The minimum Gasteiger partial charge on any atom is -0.506 e. The molecule has 7 nitrogen and oxygen atoms in total. The number of hydrogen-bond donors (Lipinski definition) is 1. The lowest BCUT2D eigenvalue weighted by Crippen LogP contribution is -2.72. The van der Waals surface area contributed by atoms with Gasteiger partial charge in [-0.05, 0) is 79.0 Å². The summed E-state index contributed by atoms with van der Waals surface area (Å²) in [6.07, 6.45) is 10.8. The quantitative estimate of drug-likeness (QED) is 0.292. The minimum absolute atomic E-state index is 0.0905. The maximum Gasteiger partial charge on any atom is 0.200 e. The summed E-state index contributed by atoms with van der Waals surface area (Å²) in [6.45, 7) is 13.4. The molecule has 1 saturated heterocycles. The topological polar surface area (TPSA) is 99.1 Å². The zero-order valence-corrected chi connectivity index (χ0v) is 24.1. The number of hydrogen-bond acceptors (Lipinski definition) is 7. The fourth-order valence-corrected chi connectivity index (χ4v) is 7.41. The van der Waals surface area contributed by atoms with Crippen LogP contribution in [-0.2, 0) is 20.7 Å². The van der Waals surface area contributed by atoms with Gasteiger partial charge in [0, 0.05) is 29.4 Å². The van der Waals surface area contributed by atoms with Crippen molar-refractivity contribution in [2.75, 3.05) is 0 Å². The van der Waals surface area contributed by atoms with Crippen molar-refractivity contribution in [1.29, 1.82) is 0 Å². The van der Waals surface area contributed by atoms with Gasteiger partial charge in [-0.1, -0.05) is 23.8 Å². The Morgan fingerprint density at radius 1 is 1.07 bits per heavy atom. The first kappa shape index (κ1) is 26.8. The number of phenols is 1. The molecule has 0 radical (unpaired) electrons. The van der Waals surface area contributed by atoms with Crippen LogP contribution in [0.5, 0.6) is 17.2 Å². The number of benzene rings is 1. The van der Waals surface area contributed by atoms with Gasteiger partial charge in [-0.3, -0.25) is 14.4 Å². The molecular weight excluding hydrogens is 508 g/mol. The maximum absolute atomic E-state index is 14.5. The summed E-state index contributed by atoms with van der Waals surface area (Å²) in [5.74, 6) is -0.814. The smallest absolute Gasteiger partial charge is 0.200 e. The number of carbonyl (C=O) groups excluding carboxylic acids is 3. The van der Waals surface area contributed by atoms with E-state index >= 15 is 0 Å². The Bertz CT molecular complexity index is 1510. The van der Waals surface area contributed by atoms with Crippen LogP contribution >= 0.6 is 0 Å². The van der Waals surface area contributed by atoms with Crippen molar-refractivity contribution in [1.82, 2.24) is 0 Å². The van der Waals surface area contributed by atoms with E-state index in [0.29, 0.717) is 40.9 Å². The molecule has 3 aliphatic carbocycles. The van der Waals surface area contributed by atoms with Crippen LogP contribution in [0.15, 0.2) is 41.0 Å². The fraction of sp³-hybridized carbons (Fsp3) is 0.485. The van der Waals surface area contributed by atoms with Gasteiger partial charge in [0.05, 0.1) is 11.2 Å². The van der Waals surface area contributed by atoms with Gasteiger partial charge in [0.1, 0.15) is 34.7 Å². The highest BCUT2D eigenvalue weighted by Gasteiger charge is 2.81. The molecule has 6 aliphatic rings. The highest BCUT2D eigenvalue weighted by molar-refractivity contribution is 6.19. The molecule has 1 aromatic carbocycles. The van der Waals surface area contributed by atoms with Crippen molar-refractivity contribution in [3.05, 3.63) is 57.7 Å². The molecule has 1 N–H and O–H groups in total. The number of fused-ring (bicyclic) bond motifs is 2. The van der Waals surface area contributed by atoms with E-state index < -0.39 is 28.3 Å². The number of allylic oxidation sites excluding steroid dienone is 4. The molecule has 0 amide bonds. The number of ether oxygens (including phenoxy) is 3. The van der Waals surface area contributed by atoms with E-state index in [-0.39, 0.29) is 41.0 Å². The van der Waals surface area contributed by atoms with Gasteiger partial charge in [-0.15, -0.1) is 0 Å². The standard InChI is InChI=1S/C33H36O7/c1-17(2)8-9-21-27-20(11-12-30(4,5)38-27)25(35)24-26(36)22-14-19-15-23-31(6,7)40-32(29(19)37,13-10-18(3)16-34)33(22,23)39-28(21)24/h8,10-12,14,16,19,23,35H,9,13,15H2,1-7H3/b18-10-/t19-,23?,32+,33-/m1/s1. The molecule has 210 valence electrons. The first-order chi connectivity index (χ1) is 18.7. The molecule has 1 unspecified atom stereocenters. The molecule has 1 aromatic rings. The first-order valence-corrected chi connectivity index (χ1v) is 13.9. The lowest BCUT2D eigenvalue weighted by Gasteiger charge is -2.56. The second kappa shape index (κ2) is 8.29. The fourth-order valence-electron chi connectivity index (χ4n) is 7.41. The van der Waals surface area contributed by atoms with E-state index in [1.807, 2.05) is 53.7 Å². The summed E-state index contributed by atoms with van der Waals surface area (Å²) in [5.41, 5.74) is -1.26. The van der Waals surface area contributed by atoms with Gasteiger partial charge in [-0.25, -0.2) is 0 Å². The van der Waals surface area contributed by atoms with E-state index in [0.717, 1.165) is 11.9 Å². The van der Waals surface area contributed by atoms with E-state index in [4.69, 9.17) is 14.2 Å². The monoisotopic (exact) mass is 544 g/mol. The molecule has 0 aromatic heterocycles. The highest BCUT2D eigenvalue weighted by Crippen LogP contribution is 2.68. The lowest BCUT2D eigenvalue weighted by atomic mass is 9.51. The Morgan fingerprint density at radius 3 is 2.48 bits per heavy atom. The normalized spacial score (nSPS) is 31.9. The van der Waals surface area contributed by atoms with Crippen molar-refractivity contribution in [3.8, 4) is 17.2 Å². The van der Waals surface area contributed by atoms with Crippen LogP contribution in [0.1, 0.15) is 82.8 Å². The molecule has 7 rings (SSSR count). The predicted octanol–water partition coefficient (Wildman–Crippen LogP) is 5.63. The second-order valence-corrected chi connectivity index (χ2v) is 13.1. The average molecular weight is 545 g/mol. The molecular formula is C33H36O7. The van der Waals surface area contributed by atoms with Gasteiger partial charge in [0.2, 0.25) is 0 Å². The first-order valence-electron chi connectivity index (χ1n) is 13.9. The van der Waals surface area contributed by atoms with Crippen LogP contribution in [0.25, 0.3) is 6.08 Å². The van der Waals surface area contributed by atoms with Crippen LogP contribution in [-0.4, -0.2) is 45.4 Å². The third-order valence-corrected chi connectivity index (χ3v) is 9.23. The van der Waals surface area contributed by atoms with Crippen LogP contribution < -0.4 is 9.47 Å². The Hall–Kier alpha value is -3.45. The van der Waals surface area contributed by atoms with Gasteiger partial charge in [0.25, 0.3) is 0 Å².